The summed E-state index contributed by atoms with van der Waals surface area (Å²) < 4.78 is 25.0. The fourth-order valence-corrected chi connectivity index (χ4v) is 1.64. The molecule has 76 valence electrons. The molecule has 0 saturated carbocycles. The van der Waals surface area contributed by atoms with Crippen LogP contribution in [0.4, 0.5) is 14.6 Å². The maximum absolute atomic E-state index is 12.5. The van der Waals surface area contributed by atoms with Crippen LogP contribution in [-0.4, -0.2) is 11.3 Å². The molecule has 2 N–H and O–H groups in total. The molecule has 1 rings (SSSR count). The van der Waals surface area contributed by atoms with Crippen molar-refractivity contribution in [1.29, 1.82) is 0 Å². The molecule has 0 spiro atoms. The normalized spacial score (nSPS) is 10.6. The Morgan fingerprint density at radius 3 is 2.71 bits per heavy atom. The van der Waals surface area contributed by atoms with Crippen LogP contribution in [0.5, 0.6) is 0 Å². The predicted octanol–water partition coefficient (Wildman–Crippen LogP) is 2.31. The van der Waals surface area contributed by atoms with E-state index in [1.54, 1.807) is 0 Å². The van der Waals surface area contributed by atoms with Crippen molar-refractivity contribution < 1.29 is 13.6 Å². The molecular weight excluding hydrogens is 258 g/mol. The molecule has 14 heavy (non-hydrogen) atoms. The molecule has 0 amide bonds. The Bertz CT molecular complexity index is 357. The number of nitrogens with two attached hydrogens (primary N) is 1. The highest BCUT2D eigenvalue weighted by Crippen LogP contribution is 2.28. The Morgan fingerprint density at radius 2 is 2.29 bits per heavy atom. The fraction of sp³-hybridized carbons (Fsp3) is 0.250. The van der Waals surface area contributed by atoms with Gasteiger partial charge in [-0.05, 0) is 6.07 Å². The molecule has 0 aliphatic heterocycles. The zero-order valence-corrected chi connectivity index (χ0v) is 8.59. The maximum Gasteiger partial charge on any atom is 0.264 e. The zero-order chi connectivity index (χ0) is 10.7. The average Bonchev–Trinajstić information content (AvgIpc) is 2.16. The van der Waals surface area contributed by atoms with Crippen LogP contribution in [0, 0.1) is 0 Å². The molecule has 0 fully saturated rings. The van der Waals surface area contributed by atoms with Gasteiger partial charge in [0.2, 0.25) is 0 Å². The number of carbonyl (C=O) groups excluding carboxylic acids is 1. The van der Waals surface area contributed by atoms with Crippen molar-refractivity contribution >= 4 is 28.0 Å². The first-order chi connectivity index (χ1) is 6.60. The van der Waals surface area contributed by atoms with E-state index in [9.17, 15) is 13.6 Å². The van der Waals surface area contributed by atoms with Crippen LogP contribution >= 0.6 is 15.9 Å². The van der Waals surface area contributed by atoms with Crippen LogP contribution in [0.3, 0.4) is 0 Å². The summed E-state index contributed by atoms with van der Waals surface area (Å²) in [6.45, 7) is 0. The van der Waals surface area contributed by atoms with Crippen molar-refractivity contribution in [2.75, 3.05) is 5.73 Å². The monoisotopic (exact) mass is 264 g/mol. The van der Waals surface area contributed by atoms with Crippen molar-refractivity contribution in [3.8, 4) is 0 Å². The van der Waals surface area contributed by atoms with Gasteiger partial charge in [-0.1, -0.05) is 15.9 Å². The number of rotatable bonds is 3. The van der Waals surface area contributed by atoms with Gasteiger partial charge in [0.15, 0.2) is 6.29 Å². The van der Waals surface area contributed by atoms with Gasteiger partial charge in [0.05, 0.1) is 0 Å². The number of nitrogen functional groups attached to an aromatic ring is 1. The highest BCUT2D eigenvalue weighted by Gasteiger charge is 2.16. The Kier molecular flexibility index (Phi) is 3.51. The Hall–Kier alpha value is -1.04. The molecule has 1 aromatic rings. The van der Waals surface area contributed by atoms with Crippen LogP contribution in [0.25, 0.3) is 0 Å². The van der Waals surface area contributed by atoms with Gasteiger partial charge < -0.3 is 5.73 Å². The average molecular weight is 265 g/mol. The largest absolute Gasteiger partial charge is 0.383 e. The van der Waals surface area contributed by atoms with Crippen LogP contribution < -0.4 is 5.73 Å². The summed E-state index contributed by atoms with van der Waals surface area (Å²) in [6, 6.07) is 1.05. The lowest BCUT2D eigenvalue weighted by molar-refractivity contribution is 0.111. The molecule has 0 unspecified atom stereocenters. The molecule has 1 heterocycles. The van der Waals surface area contributed by atoms with Gasteiger partial charge >= 0.3 is 0 Å². The van der Waals surface area contributed by atoms with E-state index in [-0.39, 0.29) is 28.0 Å². The van der Waals surface area contributed by atoms with Gasteiger partial charge in [-0.2, -0.15) is 0 Å². The van der Waals surface area contributed by atoms with Gasteiger partial charge in [0.1, 0.15) is 11.5 Å². The number of nitrogens with zero attached hydrogens (tertiary/aromatic N) is 1. The lowest BCUT2D eigenvalue weighted by Gasteiger charge is -2.09. The predicted molar refractivity (Wildman–Crippen MR) is 51.6 cm³/mol. The maximum atomic E-state index is 12.5. The number of pyridine rings is 1. The first kappa shape index (κ1) is 11.0. The second kappa shape index (κ2) is 4.45. The number of halogens is 3. The van der Waals surface area contributed by atoms with E-state index in [2.05, 4.69) is 20.9 Å². The number of anilines is 1. The molecule has 1 aromatic heterocycles. The number of hydrogen-bond acceptors (Lipinski definition) is 3. The summed E-state index contributed by atoms with van der Waals surface area (Å²) in [7, 11) is 0. The minimum Gasteiger partial charge on any atom is -0.383 e. The SMILES string of the molecule is Nc1nc(C=O)cc(C(F)F)c1CBr. The van der Waals surface area contributed by atoms with Crippen molar-refractivity contribution in [1.82, 2.24) is 4.98 Å². The van der Waals surface area contributed by atoms with E-state index in [0.717, 1.165) is 6.07 Å². The second-order valence-corrected chi connectivity index (χ2v) is 3.11. The standard InChI is InChI=1S/C8H7BrF2N2O/c9-2-6-5(7(10)11)1-4(3-14)13-8(6)12/h1,3,7H,2H2,(H2,12,13). The van der Waals surface area contributed by atoms with Crippen molar-refractivity contribution in [3.63, 3.8) is 0 Å². The summed E-state index contributed by atoms with van der Waals surface area (Å²) in [4.78, 5) is 14.0. The van der Waals surface area contributed by atoms with E-state index in [1.165, 1.54) is 0 Å². The zero-order valence-electron chi connectivity index (χ0n) is 7.01. The minimum atomic E-state index is -2.66. The molecule has 6 heteroatoms. The van der Waals surface area contributed by atoms with Crippen LogP contribution in [0.1, 0.15) is 28.0 Å². The lowest BCUT2D eigenvalue weighted by atomic mass is 10.1. The quantitative estimate of drug-likeness (QED) is 0.674. The van der Waals surface area contributed by atoms with Crippen molar-refractivity contribution in [2.45, 2.75) is 11.8 Å². The molecule has 0 aliphatic rings. The molecule has 0 radical (unpaired) electrons. The van der Waals surface area contributed by atoms with Crippen molar-refractivity contribution in [3.05, 3.63) is 22.9 Å². The van der Waals surface area contributed by atoms with E-state index >= 15 is 0 Å². The summed E-state index contributed by atoms with van der Waals surface area (Å²) in [5, 5.41) is 0.185. The third-order valence-corrected chi connectivity index (χ3v) is 2.26. The van der Waals surface area contributed by atoms with Crippen LogP contribution in [0.2, 0.25) is 0 Å². The number of aldehydes is 1. The first-order valence-corrected chi connectivity index (χ1v) is 4.81. The van der Waals surface area contributed by atoms with E-state index in [4.69, 9.17) is 5.73 Å². The molecule has 0 bridgehead atoms. The summed E-state index contributed by atoms with van der Waals surface area (Å²) in [6.07, 6.45) is -2.27. The van der Waals surface area contributed by atoms with Crippen LogP contribution in [-0.2, 0) is 5.33 Å². The number of carbonyl (C=O) groups is 1. The highest BCUT2D eigenvalue weighted by atomic mass is 79.9. The van der Waals surface area contributed by atoms with Gasteiger partial charge in [0, 0.05) is 16.5 Å². The molecular formula is C8H7BrF2N2O. The first-order valence-electron chi connectivity index (χ1n) is 3.68. The number of hydrogen-bond donors (Lipinski definition) is 1. The van der Waals surface area contributed by atoms with Crippen LogP contribution in [0.15, 0.2) is 6.07 Å². The van der Waals surface area contributed by atoms with Gasteiger partial charge in [-0.15, -0.1) is 0 Å². The number of alkyl halides is 3. The smallest absolute Gasteiger partial charge is 0.264 e. The summed E-state index contributed by atoms with van der Waals surface area (Å²) in [5.41, 5.74) is 5.31. The Balaban J connectivity index is 3.35. The van der Waals surface area contributed by atoms with Gasteiger partial charge in [-0.3, -0.25) is 4.79 Å². The topological polar surface area (TPSA) is 56.0 Å². The van der Waals surface area contributed by atoms with Gasteiger partial charge in [-0.25, -0.2) is 13.8 Å². The second-order valence-electron chi connectivity index (χ2n) is 2.55. The molecule has 3 nitrogen and oxygen atoms in total. The fourth-order valence-electron chi connectivity index (χ4n) is 1.03. The third-order valence-electron chi connectivity index (χ3n) is 1.70. The highest BCUT2D eigenvalue weighted by molar-refractivity contribution is 9.08. The number of aromatic nitrogens is 1. The molecule has 0 aliphatic carbocycles. The van der Waals surface area contributed by atoms with E-state index < -0.39 is 6.43 Å². The molecule has 0 aromatic carbocycles. The Labute approximate surface area is 87.4 Å². The summed E-state index contributed by atoms with van der Waals surface area (Å²) in [5.74, 6) is -0.0400. The summed E-state index contributed by atoms with van der Waals surface area (Å²) >= 11 is 3.03. The molecule has 0 saturated heterocycles. The third kappa shape index (κ3) is 2.06. The van der Waals surface area contributed by atoms with E-state index in [1.807, 2.05) is 0 Å². The van der Waals surface area contributed by atoms with E-state index in [0.29, 0.717) is 6.29 Å². The van der Waals surface area contributed by atoms with Crippen molar-refractivity contribution in [2.24, 2.45) is 0 Å². The lowest BCUT2D eigenvalue weighted by Crippen LogP contribution is -2.04. The Morgan fingerprint density at radius 1 is 1.64 bits per heavy atom. The van der Waals surface area contributed by atoms with Gasteiger partial charge in [0.25, 0.3) is 6.43 Å². The molecule has 0 atom stereocenters. The minimum absolute atomic E-state index is 0.0400.